The molecule has 1 aliphatic rings. The lowest BCUT2D eigenvalue weighted by Crippen LogP contribution is -3.12. The summed E-state index contributed by atoms with van der Waals surface area (Å²) < 4.78 is 1.09. The SMILES string of the molecule is C[C@H](C(=O)NC(=O)NC1CCCCC1)[NH+](C)Cc1ccc(Br)s1. The smallest absolute Gasteiger partial charge is 0.321 e. The number of likely N-dealkylation sites (N-methyl/N-ethyl adjacent to an activating group) is 1. The zero-order chi connectivity index (χ0) is 16.8. The average molecular weight is 403 g/mol. The van der Waals surface area contributed by atoms with Crippen LogP contribution in [0.2, 0.25) is 0 Å². The van der Waals surface area contributed by atoms with Gasteiger partial charge in [-0.25, -0.2) is 4.79 Å². The van der Waals surface area contributed by atoms with Gasteiger partial charge in [-0.05, 0) is 47.8 Å². The monoisotopic (exact) mass is 402 g/mol. The van der Waals surface area contributed by atoms with Crippen molar-refractivity contribution in [2.45, 2.75) is 57.7 Å². The Labute approximate surface area is 149 Å². The Morgan fingerprint density at radius 3 is 2.65 bits per heavy atom. The second-order valence-corrected chi connectivity index (χ2v) is 8.80. The number of imide groups is 1. The quantitative estimate of drug-likeness (QED) is 0.705. The Balaban J connectivity index is 1.77. The topological polar surface area (TPSA) is 62.6 Å². The minimum atomic E-state index is -0.361. The van der Waals surface area contributed by atoms with Crippen molar-refractivity contribution in [3.63, 3.8) is 0 Å². The van der Waals surface area contributed by atoms with Crippen LogP contribution in [0.5, 0.6) is 0 Å². The number of hydrogen-bond donors (Lipinski definition) is 3. The summed E-state index contributed by atoms with van der Waals surface area (Å²) >= 11 is 5.11. The maximum atomic E-state index is 12.2. The molecule has 128 valence electrons. The molecule has 1 aromatic rings. The predicted octanol–water partition coefficient (Wildman–Crippen LogP) is 2.07. The number of nitrogens with one attached hydrogen (secondary N) is 3. The summed E-state index contributed by atoms with van der Waals surface area (Å²) in [6.45, 7) is 2.61. The summed E-state index contributed by atoms with van der Waals surface area (Å²) in [5.74, 6) is -0.230. The molecule has 0 aliphatic heterocycles. The molecule has 0 radical (unpaired) electrons. The first-order valence-electron chi connectivity index (χ1n) is 8.13. The van der Waals surface area contributed by atoms with Gasteiger partial charge < -0.3 is 10.2 Å². The zero-order valence-electron chi connectivity index (χ0n) is 13.7. The van der Waals surface area contributed by atoms with Crippen molar-refractivity contribution in [2.75, 3.05) is 7.05 Å². The van der Waals surface area contributed by atoms with Gasteiger partial charge in [0.1, 0.15) is 6.54 Å². The molecule has 3 amide bonds. The second kappa shape index (κ2) is 8.80. The van der Waals surface area contributed by atoms with E-state index in [4.69, 9.17) is 0 Å². The van der Waals surface area contributed by atoms with Gasteiger partial charge >= 0.3 is 6.03 Å². The number of carbonyl (C=O) groups excluding carboxylic acids is 2. The van der Waals surface area contributed by atoms with Crippen molar-refractivity contribution in [3.8, 4) is 0 Å². The third-order valence-corrected chi connectivity index (χ3v) is 6.02. The average Bonchev–Trinajstić information content (AvgIpc) is 2.92. The van der Waals surface area contributed by atoms with Crippen LogP contribution in [0.25, 0.3) is 0 Å². The number of rotatable bonds is 5. The van der Waals surface area contributed by atoms with Gasteiger partial charge in [0.15, 0.2) is 6.04 Å². The summed E-state index contributed by atoms with van der Waals surface area (Å²) in [6.07, 6.45) is 5.56. The molecule has 1 fully saturated rings. The van der Waals surface area contributed by atoms with E-state index in [2.05, 4.69) is 32.6 Å². The Bertz CT molecular complexity index is 543. The summed E-state index contributed by atoms with van der Waals surface area (Å²) in [5.41, 5.74) is 0. The molecule has 1 aliphatic carbocycles. The first kappa shape index (κ1) is 18.4. The second-order valence-electron chi connectivity index (χ2n) is 6.25. The van der Waals surface area contributed by atoms with Gasteiger partial charge in [-0.2, -0.15) is 0 Å². The normalized spacial score (nSPS) is 18.2. The molecule has 0 aromatic carbocycles. The lowest BCUT2D eigenvalue weighted by molar-refractivity contribution is -0.907. The predicted molar refractivity (Wildman–Crippen MR) is 95.6 cm³/mol. The molecule has 7 heteroatoms. The fourth-order valence-corrected chi connectivity index (χ4v) is 4.37. The molecule has 23 heavy (non-hydrogen) atoms. The molecule has 5 nitrogen and oxygen atoms in total. The first-order valence-corrected chi connectivity index (χ1v) is 9.74. The lowest BCUT2D eigenvalue weighted by Gasteiger charge is -2.24. The largest absolute Gasteiger partial charge is 0.335 e. The van der Waals surface area contributed by atoms with E-state index in [0.717, 1.165) is 40.9 Å². The molecule has 1 unspecified atom stereocenters. The van der Waals surface area contributed by atoms with E-state index >= 15 is 0 Å². The molecular weight excluding hydrogens is 378 g/mol. The van der Waals surface area contributed by atoms with Gasteiger partial charge in [0.25, 0.3) is 5.91 Å². The zero-order valence-corrected chi connectivity index (χ0v) is 16.1. The van der Waals surface area contributed by atoms with Crippen LogP contribution in [-0.2, 0) is 11.3 Å². The third-order valence-electron chi connectivity index (χ3n) is 4.39. The number of thiophene rings is 1. The lowest BCUT2D eigenvalue weighted by atomic mass is 9.96. The third kappa shape index (κ3) is 5.90. The summed E-state index contributed by atoms with van der Waals surface area (Å²) in [6, 6.07) is 3.63. The number of amides is 3. The van der Waals surface area contributed by atoms with Crippen LogP contribution in [0.4, 0.5) is 4.79 Å². The Kier molecular flexibility index (Phi) is 7.05. The molecule has 0 saturated heterocycles. The molecule has 1 saturated carbocycles. The Morgan fingerprint density at radius 1 is 1.35 bits per heavy atom. The molecule has 2 atom stereocenters. The van der Waals surface area contributed by atoms with E-state index in [1.165, 1.54) is 11.3 Å². The molecule has 0 bridgehead atoms. The number of quaternary nitrogens is 1. The van der Waals surface area contributed by atoms with E-state index < -0.39 is 0 Å². The molecule has 2 rings (SSSR count). The molecule has 3 N–H and O–H groups in total. The van der Waals surface area contributed by atoms with E-state index in [1.807, 2.05) is 20.0 Å². The van der Waals surface area contributed by atoms with E-state index in [-0.39, 0.29) is 24.0 Å². The van der Waals surface area contributed by atoms with Gasteiger partial charge in [-0.1, -0.05) is 19.3 Å². The summed E-state index contributed by atoms with van der Waals surface area (Å²) in [7, 11) is 1.97. The fourth-order valence-electron chi connectivity index (χ4n) is 2.79. The molecule has 0 spiro atoms. The van der Waals surface area contributed by atoms with Crippen LogP contribution >= 0.6 is 27.3 Å². The van der Waals surface area contributed by atoms with Crippen molar-refractivity contribution in [1.29, 1.82) is 0 Å². The van der Waals surface area contributed by atoms with E-state index in [1.54, 1.807) is 11.3 Å². The van der Waals surface area contributed by atoms with Crippen molar-refractivity contribution < 1.29 is 14.5 Å². The summed E-state index contributed by atoms with van der Waals surface area (Å²) in [5, 5.41) is 5.40. The number of urea groups is 1. The number of carbonyl (C=O) groups is 2. The maximum absolute atomic E-state index is 12.2. The highest BCUT2D eigenvalue weighted by molar-refractivity contribution is 9.11. The molecule has 1 aromatic heterocycles. The van der Waals surface area contributed by atoms with Crippen molar-refractivity contribution in [2.24, 2.45) is 0 Å². The van der Waals surface area contributed by atoms with Crippen molar-refractivity contribution in [1.82, 2.24) is 10.6 Å². The van der Waals surface area contributed by atoms with Crippen molar-refractivity contribution in [3.05, 3.63) is 20.8 Å². The van der Waals surface area contributed by atoms with E-state index in [9.17, 15) is 9.59 Å². The van der Waals surface area contributed by atoms with Gasteiger partial charge in [0.2, 0.25) is 0 Å². The number of hydrogen-bond acceptors (Lipinski definition) is 3. The minimum Gasteiger partial charge on any atom is -0.335 e. The highest BCUT2D eigenvalue weighted by atomic mass is 79.9. The van der Waals surface area contributed by atoms with Crippen LogP contribution in [0, 0.1) is 0 Å². The maximum Gasteiger partial charge on any atom is 0.321 e. The minimum absolute atomic E-state index is 0.209. The number of halogens is 1. The highest BCUT2D eigenvalue weighted by Crippen LogP contribution is 2.21. The van der Waals surface area contributed by atoms with Crippen LogP contribution in [0.1, 0.15) is 43.9 Å². The highest BCUT2D eigenvalue weighted by Gasteiger charge is 2.25. The van der Waals surface area contributed by atoms with Crippen LogP contribution in [0.3, 0.4) is 0 Å². The van der Waals surface area contributed by atoms with Gasteiger partial charge in [0, 0.05) is 6.04 Å². The van der Waals surface area contributed by atoms with Crippen LogP contribution in [-0.4, -0.2) is 31.1 Å². The summed E-state index contributed by atoms with van der Waals surface area (Å²) in [4.78, 5) is 26.5. The van der Waals surface area contributed by atoms with E-state index in [0.29, 0.717) is 0 Å². The van der Waals surface area contributed by atoms with Crippen LogP contribution < -0.4 is 15.5 Å². The molecular formula is C16H25BrN3O2S+. The molecule has 1 heterocycles. The Hall–Kier alpha value is -0.920. The van der Waals surface area contributed by atoms with Gasteiger partial charge in [-0.15, -0.1) is 11.3 Å². The van der Waals surface area contributed by atoms with Crippen LogP contribution in [0.15, 0.2) is 15.9 Å². The van der Waals surface area contributed by atoms with Crippen molar-refractivity contribution >= 4 is 39.2 Å². The fraction of sp³-hybridized carbons (Fsp3) is 0.625. The first-order chi connectivity index (χ1) is 11.0. The Morgan fingerprint density at radius 2 is 2.04 bits per heavy atom. The van der Waals surface area contributed by atoms with Gasteiger partial charge in [0.05, 0.1) is 15.7 Å². The standard InChI is InChI=1S/C16H24BrN3O2S/c1-11(20(2)10-13-8-9-14(17)23-13)15(21)19-16(22)18-12-6-4-3-5-7-12/h8-9,11-12H,3-7,10H2,1-2H3,(H2,18,19,21,22)/p+1/t11-/m1/s1. The van der Waals surface area contributed by atoms with Gasteiger partial charge in [-0.3, -0.25) is 10.1 Å².